The van der Waals surface area contributed by atoms with Gasteiger partial charge in [-0.1, -0.05) is 23.2 Å². The Bertz CT molecular complexity index is 565. The lowest BCUT2D eigenvalue weighted by atomic mass is 10.1. The zero-order valence-electron chi connectivity index (χ0n) is 7.73. The third-order valence-corrected chi connectivity index (χ3v) is 2.68. The molecule has 0 aliphatic heterocycles. The van der Waals surface area contributed by atoms with Crippen LogP contribution in [0.3, 0.4) is 0 Å². The topological polar surface area (TPSA) is 32.9 Å². The Morgan fingerprint density at radius 2 is 2.00 bits per heavy atom. The van der Waals surface area contributed by atoms with Crippen LogP contribution in [0.1, 0.15) is 10.4 Å². The molecule has 0 spiro atoms. The van der Waals surface area contributed by atoms with Crippen LogP contribution in [-0.4, -0.2) is 17.2 Å². The third-order valence-electron chi connectivity index (χ3n) is 2.16. The van der Waals surface area contributed by atoms with Gasteiger partial charge in [-0.05, 0) is 12.1 Å². The minimum Gasteiger partial charge on any atom is -0.360 e. The van der Waals surface area contributed by atoms with E-state index in [2.05, 4.69) is 4.98 Å². The van der Waals surface area contributed by atoms with Crippen molar-refractivity contribution in [2.75, 3.05) is 0 Å². The summed E-state index contributed by atoms with van der Waals surface area (Å²) >= 11 is 11.6. The lowest BCUT2D eigenvalue weighted by Gasteiger charge is -2.00. The standard InChI is InChI=1S/C10H5Cl2F2NO/c11-4-1-6(12)8-5(9(16)10(13)14)3-15-7(8)2-4/h1-3,10,15H. The van der Waals surface area contributed by atoms with Gasteiger partial charge in [-0.2, -0.15) is 0 Å². The Labute approximate surface area is 99.2 Å². The SMILES string of the molecule is O=C(c1c[nH]c2cc(Cl)cc(Cl)c12)C(F)F. The highest BCUT2D eigenvalue weighted by molar-refractivity contribution is 6.39. The minimum absolute atomic E-state index is 0.119. The maximum absolute atomic E-state index is 12.3. The highest BCUT2D eigenvalue weighted by Gasteiger charge is 2.22. The lowest BCUT2D eigenvalue weighted by molar-refractivity contribution is 0.0680. The first kappa shape index (κ1) is 11.4. The van der Waals surface area contributed by atoms with Gasteiger partial charge in [0.05, 0.1) is 10.6 Å². The first-order valence-electron chi connectivity index (χ1n) is 4.29. The van der Waals surface area contributed by atoms with E-state index in [1.165, 1.54) is 18.3 Å². The van der Waals surface area contributed by atoms with Crippen LogP contribution in [0.2, 0.25) is 10.0 Å². The van der Waals surface area contributed by atoms with Gasteiger partial charge >= 0.3 is 6.43 Å². The van der Waals surface area contributed by atoms with E-state index in [-0.39, 0.29) is 16.0 Å². The summed E-state index contributed by atoms with van der Waals surface area (Å²) in [4.78, 5) is 13.9. The molecule has 0 amide bonds. The van der Waals surface area contributed by atoms with Crippen LogP contribution in [-0.2, 0) is 0 Å². The van der Waals surface area contributed by atoms with Crippen LogP contribution in [0.25, 0.3) is 10.9 Å². The first-order chi connectivity index (χ1) is 7.50. The van der Waals surface area contributed by atoms with Gasteiger partial charge in [-0.15, -0.1) is 0 Å². The number of Topliss-reactive ketones (excluding diaryl/α,β-unsaturated/α-hetero) is 1. The molecule has 0 saturated heterocycles. The van der Waals surface area contributed by atoms with Gasteiger partial charge < -0.3 is 4.98 Å². The molecule has 1 aromatic carbocycles. The molecule has 2 aromatic rings. The summed E-state index contributed by atoms with van der Waals surface area (Å²) < 4.78 is 24.6. The van der Waals surface area contributed by atoms with Crippen molar-refractivity contribution < 1.29 is 13.6 Å². The summed E-state index contributed by atoms with van der Waals surface area (Å²) in [6, 6.07) is 2.92. The largest absolute Gasteiger partial charge is 0.360 e. The van der Waals surface area contributed by atoms with Crippen LogP contribution in [0, 0.1) is 0 Å². The summed E-state index contributed by atoms with van der Waals surface area (Å²) in [5.41, 5.74) is 0.341. The molecule has 0 saturated carbocycles. The quantitative estimate of drug-likeness (QED) is 0.819. The summed E-state index contributed by atoms with van der Waals surface area (Å²) in [5.74, 6) is -1.25. The van der Waals surface area contributed by atoms with Gasteiger partial charge in [0, 0.05) is 22.1 Å². The number of carbonyl (C=O) groups excluding carboxylic acids is 1. The Morgan fingerprint density at radius 1 is 1.31 bits per heavy atom. The van der Waals surface area contributed by atoms with Gasteiger partial charge in [-0.25, -0.2) is 8.78 Å². The molecular formula is C10H5Cl2F2NO. The van der Waals surface area contributed by atoms with Gasteiger partial charge in [0.25, 0.3) is 0 Å². The zero-order chi connectivity index (χ0) is 11.9. The Kier molecular flexibility index (Phi) is 2.86. The number of halogens is 4. The maximum atomic E-state index is 12.3. The van der Waals surface area contributed by atoms with Crippen molar-refractivity contribution in [1.29, 1.82) is 0 Å². The normalized spacial score (nSPS) is 11.3. The first-order valence-corrected chi connectivity index (χ1v) is 5.05. The summed E-state index contributed by atoms with van der Waals surface area (Å²) in [7, 11) is 0. The number of nitrogens with one attached hydrogen (secondary N) is 1. The molecule has 1 aromatic heterocycles. The van der Waals surface area contributed by atoms with Crippen molar-refractivity contribution in [3.8, 4) is 0 Å². The second kappa shape index (κ2) is 4.03. The highest BCUT2D eigenvalue weighted by Crippen LogP contribution is 2.31. The second-order valence-corrected chi connectivity index (χ2v) is 4.02. The van der Waals surface area contributed by atoms with E-state index in [4.69, 9.17) is 23.2 Å². The van der Waals surface area contributed by atoms with Gasteiger partial charge in [0.15, 0.2) is 0 Å². The number of aromatic nitrogens is 1. The molecule has 6 heteroatoms. The summed E-state index contributed by atoms with van der Waals surface area (Å²) in [6.07, 6.45) is -1.84. The molecule has 1 heterocycles. The average Bonchev–Trinajstić information content (AvgIpc) is 2.59. The molecule has 0 fully saturated rings. The average molecular weight is 264 g/mol. The molecular weight excluding hydrogens is 259 g/mol. The number of fused-ring (bicyclic) bond motifs is 1. The van der Waals surface area contributed by atoms with Crippen LogP contribution in [0.15, 0.2) is 18.3 Å². The van der Waals surface area contributed by atoms with Crippen molar-refractivity contribution in [3.63, 3.8) is 0 Å². The number of rotatable bonds is 2. The molecule has 0 atom stereocenters. The van der Waals surface area contributed by atoms with E-state index in [9.17, 15) is 13.6 Å². The van der Waals surface area contributed by atoms with Crippen molar-refractivity contribution in [2.24, 2.45) is 0 Å². The molecule has 0 unspecified atom stereocenters. The maximum Gasteiger partial charge on any atom is 0.300 e. The monoisotopic (exact) mass is 263 g/mol. The number of H-pyrrole nitrogens is 1. The molecule has 0 radical (unpaired) electrons. The molecule has 2 rings (SSSR count). The van der Waals surface area contributed by atoms with Crippen LogP contribution >= 0.6 is 23.2 Å². The zero-order valence-corrected chi connectivity index (χ0v) is 9.24. The smallest absolute Gasteiger partial charge is 0.300 e. The van der Waals surface area contributed by atoms with E-state index in [1.54, 1.807) is 0 Å². The number of benzene rings is 1. The van der Waals surface area contributed by atoms with Crippen molar-refractivity contribution in [1.82, 2.24) is 4.98 Å². The van der Waals surface area contributed by atoms with E-state index in [1.807, 2.05) is 0 Å². The minimum atomic E-state index is -3.05. The van der Waals surface area contributed by atoms with E-state index in [0.717, 1.165) is 0 Å². The molecule has 0 aliphatic rings. The number of ketones is 1. The van der Waals surface area contributed by atoms with Gasteiger partial charge in [-0.3, -0.25) is 4.79 Å². The number of aromatic amines is 1. The highest BCUT2D eigenvalue weighted by atomic mass is 35.5. The Hall–Kier alpha value is -1.13. The second-order valence-electron chi connectivity index (χ2n) is 3.18. The number of hydrogen-bond acceptors (Lipinski definition) is 1. The fraction of sp³-hybridized carbons (Fsp3) is 0.100. The fourth-order valence-corrected chi connectivity index (χ4v) is 2.09. The van der Waals surface area contributed by atoms with Crippen LogP contribution in [0.4, 0.5) is 8.78 Å². The molecule has 84 valence electrons. The van der Waals surface area contributed by atoms with E-state index < -0.39 is 12.2 Å². The van der Waals surface area contributed by atoms with Gasteiger partial charge in [0.2, 0.25) is 5.78 Å². The predicted octanol–water partition coefficient (Wildman–Crippen LogP) is 3.92. The Morgan fingerprint density at radius 3 is 2.62 bits per heavy atom. The molecule has 0 aliphatic carbocycles. The number of hydrogen-bond donors (Lipinski definition) is 1. The molecule has 2 nitrogen and oxygen atoms in total. The van der Waals surface area contributed by atoms with Gasteiger partial charge in [0.1, 0.15) is 0 Å². The summed E-state index contributed by atoms with van der Waals surface area (Å²) in [6.45, 7) is 0. The van der Waals surface area contributed by atoms with Crippen molar-refractivity contribution in [2.45, 2.75) is 6.43 Å². The number of carbonyl (C=O) groups is 1. The third kappa shape index (κ3) is 1.79. The molecule has 16 heavy (non-hydrogen) atoms. The lowest BCUT2D eigenvalue weighted by Crippen LogP contribution is -2.09. The number of alkyl halides is 2. The Balaban J connectivity index is 2.69. The predicted molar refractivity (Wildman–Crippen MR) is 58.7 cm³/mol. The van der Waals surface area contributed by atoms with Crippen molar-refractivity contribution >= 4 is 39.9 Å². The summed E-state index contributed by atoms with van der Waals surface area (Å²) in [5, 5.41) is 0.819. The molecule has 1 N–H and O–H groups in total. The van der Waals surface area contributed by atoms with E-state index >= 15 is 0 Å². The van der Waals surface area contributed by atoms with Crippen LogP contribution in [0.5, 0.6) is 0 Å². The molecule has 0 bridgehead atoms. The van der Waals surface area contributed by atoms with Crippen LogP contribution < -0.4 is 0 Å². The van der Waals surface area contributed by atoms with Crippen molar-refractivity contribution in [3.05, 3.63) is 33.9 Å². The van der Waals surface area contributed by atoms with E-state index in [0.29, 0.717) is 10.5 Å². The fourth-order valence-electron chi connectivity index (χ4n) is 1.50.